The number of pyridine rings is 1. The van der Waals surface area contributed by atoms with Crippen molar-refractivity contribution in [1.82, 2.24) is 9.38 Å². The number of imidazole rings is 1. The Morgan fingerprint density at radius 2 is 1.69 bits per heavy atom. The standard InChI is InChI=1S/C20H16N4O2/c1-26-16-11-9-14(10-12-16)18-20(23-22-15-6-3-2-4-7-15)24-13-5-8-17(25)19(24)21-18/h2-13,25H,1H3. The molecule has 6 nitrogen and oxygen atoms in total. The number of benzene rings is 2. The molecule has 0 aliphatic heterocycles. The maximum Gasteiger partial charge on any atom is 0.187 e. The van der Waals surface area contributed by atoms with Gasteiger partial charge in [-0.1, -0.05) is 18.2 Å². The SMILES string of the molecule is COc1ccc(-c2nc3c(O)cccn3c2N=Nc2ccccc2)cc1. The van der Waals surface area contributed by atoms with Crippen LogP contribution in [0.4, 0.5) is 11.5 Å². The quantitative estimate of drug-likeness (QED) is 0.522. The second-order valence-electron chi connectivity index (χ2n) is 5.64. The first-order chi connectivity index (χ1) is 12.8. The van der Waals surface area contributed by atoms with E-state index >= 15 is 0 Å². The summed E-state index contributed by atoms with van der Waals surface area (Å²) >= 11 is 0. The molecule has 0 saturated heterocycles. The van der Waals surface area contributed by atoms with E-state index < -0.39 is 0 Å². The molecule has 0 aliphatic rings. The Hall–Kier alpha value is -3.67. The van der Waals surface area contributed by atoms with Crippen LogP contribution in [0, 0.1) is 0 Å². The Kier molecular flexibility index (Phi) is 4.07. The molecule has 128 valence electrons. The second kappa shape index (κ2) is 6.68. The van der Waals surface area contributed by atoms with Gasteiger partial charge in [-0.2, -0.15) is 0 Å². The highest BCUT2D eigenvalue weighted by atomic mass is 16.5. The van der Waals surface area contributed by atoms with Crippen molar-refractivity contribution in [3.8, 4) is 22.8 Å². The lowest BCUT2D eigenvalue weighted by Gasteiger charge is -2.02. The van der Waals surface area contributed by atoms with Gasteiger partial charge in [-0.3, -0.25) is 4.40 Å². The van der Waals surface area contributed by atoms with Crippen molar-refractivity contribution in [2.24, 2.45) is 10.2 Å². The molecular weight excluding hydrogens is 328 g/mol. The van der Waals surface area contributed by atoms with Gasteiger partial charge in [0.1, 0.15) is 11.4 Å². The molecule has 0 amide bonds. The maximum absolute atomic E-state index is 10.1. The monoisotopic (exact) mass is 344 g/mol. The third-order valence-corrected chi connectivity index (χ3v) is 3.98. The van der Waals surface area contributed by atoms with Crippen molar-refractivity contribution in [3.05, 3.63) is 72.9 Å². The molecule has 0 radical (unpaired) electrons. The fourth-order valence-corrected chi connectivity index (χ4v) is 2.68. The van der Waals surface area contributed by atoms with Crippen LogP contribution in [0.15, 0.2) is 83.2 Å². The first kappa shape index (κ1) is 15.8. The summed E-state index contributed by atoms with van der Waals surface area (Å²) in [5, 5.41) is 18.9. The predicted molar refractivity (Wildman–Crippen MR) is 99.5 cm³/mol. The van der Waals surface area contributed by atoms with Crippen LogP contribution in [0.2, 0.25) is 0 Å². The molecule has 2 aromatic carbocycles. The zero-order valence-electron chi connectivity index (χ0n) is 14.1. The molecule has 1 N–H and O–H groups in total. The van der Waals surface area contributed by atoms with E-state index in [9.17, 15) is 5.11 Å². The molecule has 0 aliphatic carbocycles. The van der Waals surface area contributed by atoms with Crippen LogP contribution >= 0.6 is 0 Å². The Bertz CT molecular complexity index is 1070. The molecule has 2 aromatic heterocycles. The summed E-state index contributed by atoms with van der Waals surface area (Å²) in [6.45, 7) is 0. The highest BCUT2D eigenvalue weighted by Gasteiger charge is 2.16. The second-order valence-corrected chi connectivity index (χ2v) is 5.64. The summed E-state index contributed by atoms with van der Waals surface area (Å²) in [4.78, 5) is 4.57. The number of rotatable bonds is 4. The van der Waals surface area contributed by atoms with E-state index in [0.717, 1.165) is 17.0 Å². The van der Waals surface area contributed by atoms with E-state index in [0.29, 0.717) is 17.2 Å². The molecule has 6 heteroatoms. The van der Waals surface area contributed by atoms with Gasteiger partial charge < -0.3 is 9.84 Å². The first-order valence-electron chi connectivity index (χ1n) is 8.07. The van der Waals surface area contributed by atoms with Crippen molar-refractivity contribution in [3.63, 3.8) is 0 Å². The van der Waals surface area contributed by atoms with E-state index in [1.807, 2.05) is 54.6 Å². The smallest absolute Gasteiger partial charge is 0.187 e. The molecule has 0 atom stereocenters. The number of hydrogen-bond acceptors (Lipinski definition) is 5. The number of hydrogen-bond donors (Lipinski definition) is 1. The molecule has 0 saturated carbocycles. The normalized spacial score (nSPS) is 11.3. The van der Waals surface area contributed by atoms with Crippen molar-refractivity contribution in [2.75, 3.05) is 7.11 Å². The average Bonchev–Trinajstić information content (AvgIpc) is 3.07. The van der Waals surface area contributed by atoms with Crippen molar-refractivity contribution in [2.45, 2.75) is 0 Å². The van der Waals surface area contributed by atoms with Crippen LogP contribution in [-0.2, 0) is 0 Å². The van der Waals surface area contributed by atoms with Gasteiger partial charge in [0.25, 0.3) is 0 Å². The Morgan fingerprint density at radius 3 is 2.42 bits per heavy atom. The fraction of sp³-hybridized carbons (Fsp3) is 0.0500. The number of fused-ring (bicyclic) bond motifs is 1. The molecule has 2 heterocycles. The number of methoxy groups -OCH3 is 1. The Labute approximate surface area is 150 Å². The summed E-state index contributed by atoms with van der Waals surface area (Å²) in [7, 11) is 1.62. The average molecular weight is 344 g/mol. The Balaban J connectivity index is 1.88. The minimum Gasteiger partial charge on any atom is -0.504 e. The molecular formula is C20H16N4O2. The van der Waals surface area contributed by atoms with Gasteiger partial charge in [0, 0.05) is 11.8 Å². The lowest BCUT2D eigenvalue weighted by atomic mass is 10.1. The number of aromatic nitrogens is 2. The van der Waals surface area contributed by atoms with Gasteiger partial charge in [0.05, 0.1) is 12.8 Å². The van der Waals surface area contributed by atoms with Crippen LogP contribution in [0.5, 0.6) is 11.5 Å². The minimum absolute atomic E-state index is 0.0865. The van der Waals surface area contributed by atoms with E-state index in [1.54, 1.807) is 29.8 Å². The molecule has 4 aromatic rings. The third kappa shape index (κ3) is 2.88. The van der Waals surface area contributed by atoms with Gasteiger partial charge in [-0.15, -0.1) is 10.2 Å². The van der Waals surface area contributed by atoms with Gasteiger partial charge in [-0.05, 0) is 48.5 Å². The molecule has 26 heavy (non-hydrogen) atoms. The first-order valence-corrected chi connectivity index (χ1v) is 8.07. The van der Waals surface area contributed by atoms with Gasteiger partial charge in [0.2, 0.25) is 0 Å². The highest BCUT2D eigenvalue weighted by molar-refractivity contribution is 5.76. The number of azo groups is 1. The highest BCUT2D eigenvalue weighted by Crippen LogP contribution is 2.35. The summed E-state index contributed by atoms with van der Waals surface area (Å²) < 4.78 is 6.93. The fourth-order valence-electron chi connectivity index (χ4n) is 2.68. The molecule has 0 unspecified atom stereocenters. The van der Waals surface area contributed by atoms with E-state index in [1.165, 1.54) is 0 Å². The van der Waals surface area contributed by atoms with Crippen LogP contribution in [0.25, 0.3) is 16.9 Å². The summed E-state index contributed by atoms with van der Waals surface area (Å²) in [6, 6.07) is 20.3. The number of nitrogens with zero attached hydrogens (tertiary/aromatic N) is 4. The number of aromatic hydroxyl groups is 1. The Morgan fingerprint density at radius 1 is 0.923 bits per heavy atom. The lowest BCUT2D eigenvalue weighted by Crippen LogP contribution is -1.84. The summed E-state index contributed by atoms with van der Waals surface area (Å²) in [5.41, 5.74) is 2.66. The van der Waals surface area contributed by atoms with E-state index in [2.05, 4.69) is 15.2 Å². The third-order valence-electron chi connectivity index (χ3n) is 3.98. The largest absolute Gasteiger partial charge is 0.504 e. The van der Waals surface area contributed by atoms with Gasteiger partial charge in [0.15, 0.2) is 17.2 Å². The summed E-state index contributed by atoms with van der Waals surface area (Å²) in [5.74, 6) is 1.39. The van der Waals surface area contributed by atoms with Crippen LogP contribution in [-0.4, -0.2) is 21.6 Å². The van der Waals surface area contributed by atoms with Gasteiger partial charge in [-0.25, -0.2) is 4.98 Å². The number of ether oxygens (including phenoxy) is 1. The molecule has 0 bridgehead atoms. The topological polar surface area (TPSA) is 71.5 Å². The molecule has 0 spiro atoms. The van der Waals surface area contributed by atoms with Crippen LogP contribution in [0.1, 0.15) is 0 Å². The predicted octanol–water partition coefficient (Wildman–Crippen LogP) is 5.13. The minimum atomic E-state index is 0.0865. The molecule has 4 rings (SSSR count). The van der Waals surface area contributed by atoms with Crippen molar-refractivity contribution >= 4 is 17.2 Å². The van der Waals surface area contributed by atoms with E-state index in [-0.39, 0.29) is 5.75 Å². The van der Waals surface area contributed by atoms with E-state index in [4.69, 9.17) is 4.74 Å². The maximum atomic E-state index is 10.1. The van der Waals surface area contributed by atoms with Crippen molar-refractivity contribution in [1.29, 1.82) is 0 Å². The summed E-state index contributed by atoms with van der Waals surface area (Å²) in [6.07, 6.45) is 1.80. The van der Waals surface area contributed by atoms with Gasteiger partial charge >= 0.3 is 0 Å². The zero-order chi connectivity index (χ0) is 17.9. The van der Waals surface area contributed by atoms with Crippen LogP contribution in [0.3, 0.4) is 0 Å². The zero-order valence-corrected chi connectivity index (χ0v) is 14.1. The van der Waals surface area contributed by atoms with Crippen LogP contribution < -0.4 is 4.74 Å². The molecule has 0 fully saturated rings. The van der Waals surface area contributed by atoms with Crippen molar-refractivity contribution < 1.29 is 9.84 Å². The lowest BCUT2D eigenvalue weighted by molar-refractivity contribution is 0.415.